The van der Waals surface area contributed by atoms with E-state index in [2.05, 4.69) is 29.6 Å². The van der Waals surface area contributed by atoms with Crippen LogP contribution in [0.2, 0.25) is 19.6 Å². The Labute approximate surface area is 103 Å². The molecule has 1 aromatic carbocycles. The zero-order valence-corrected chi connectivity index (χ0v) is 11.3. The summed E-state index contributed by atoms with van der Waals surface area (Å²) >= 11 is 0. The molecule has 0 N–H and O–H groups in total. The van der Waals surface area contributed by atoms with Crippen molar-refractivity contribution < 1.29 is 4.43 Å². The van der Waals surface area contributed by atoms with Crippen molar-refractivity contribution in [3.63, 3.8) is 0 Å². The molecule has 2 aromatic rings. The van der Waals surface area contributed by atoms with Crippen LogP contribution < -0.4 is 4.43 Å². The number of benzene rings is 1. The third kappa shape index (κ3) is 3.14. The van der Waals surface area contributed by atoms with Crippen molar-refractivity contribution in [2.75, 3.05) is 0 Å². The summed E-state index contributed by atoms with van der Waals surface area (Å²) in [5, 5.41) is 0. The second-order valence-electron chi connectivity index (χ2n) is 4.79. The quantitative estimate of drug-likeness (QED) is 0.777. The SMILES string of the molecule is C[Si](C)(C)Oc1nccnc1-c1ccccc1. The second kappa shape index (κ2) is 4.67. The Morgan fingerprint density at radius 2 is 1.59 bits per heavy atom. The van der Waals surface area contributed by atoms with Crippen molar-refractivity contribution in [2.45, 2.75) is 19.6 Å². The molecule has 0 spiro atoms. The molecule has 4 heteroatoms. The number of rotatable bonds is 3. The van der Waals surface area contributed by atoms with Crippen LogP contribution in [0.3, 0.4) is 0 Å². The molecule has 1 aromatic heterocycles. The molecule has 0 radical (unpaired) electrons. The van der Waals surface area contributed by atoms with E-state index >= 15 is 0 Å². The third-order valence-electron chi connectivity index (χ3n) is 2.11. The average Bonchev–Trinajstić information content (AvgIpc) is 2.29. The lowest BCUT2D eigenvalue weighted by molar-refractivity contribution is 0.533. The number of hydrogen-bond acceptors (Lipinski definition) is 3. The van der Waals surface area contributed by atoms with Gasteiger partial charge in [-0.2, -0.15) is 0 Å². The Bertz CT molecular complexity index is 494. The predicted octanol–water partition coefficient (Wildman–Crippen LogP) is 3.36. The van der Waals surface area contributed by atoms with Gasteiger partial charge in [0.15, 0.2) is 0 Å². The maximum Gasteiger partial charge on any atom is 0.244 e. The number of hydrogen-bond donors (Lipinski definition) is 0. The summed E-state index contributed by atoms with van der Waals surface area (Å²) in [5.41, 5.74) is 1.85. The van der Waals surface area contributed by atoms with Gasteiger partial charge in [-0.25, -0.2) is 9.97 Å². The van der Waals surface area contributed by atoms with Crippen LogP contribution in [0.1, 0.15) is 0 Å². The van der Waals surface area contributed by atoms with Gasteiger partial charge in [-0.3, -0.25) is 0 Å². The van der Waals surface area contributed by atoms with Gasteiger partial charge in [0.25, 0.3) is 0 Å². The Balaban J connectivity index is 2.41. The topological polar surface area (TPSA) is 35.0 Å². The van der Waals surface area contributed by atoms with Gasteiger partial charge in [0.2, 0.25) is 14.2 Å². The van der Waals surface area contributed by atoms with E-state index in [1.165, 1.54) is 0 Å². The van der Waals surface area contributed by atoms with E-state index in [4.69, 9.17) is 4.43 Å². The lowest BCUT2D eigenvalue weighted by atomic mass is 10.1. The second-order valence-corrected chi connectivity index (χ2v) is 9.22. The van der Waals surface area contributed by atoms with Crippen LogP contribution in [0.4, 0.5) is 0 Å². The van der Waals surface area contributed by atoms with Crippen molar-refractivity contribution in [2.24, 2.45) is 0 Å². The number of nitrogens with zero attached hydrogens (tertiary/aromatic N) is 2. The molecule has 0 saturated carbocycles. The van der Waals surface area contributed by atoms with Gasteiger partial charge < -0.3 is 4.43 Å². The Kier molecular flexibility index (Phi) is 3.24. The standard InChI is InChI=1S/C13H16N2OSi/c1-17(2,3)16-13-12(14-9-10-15-13)11-7-5-4-6-8-11/h4-10H,1-3H3. The summed E-state index contributed by atoms with van der Waals surface area (Å²) in [4.78, 5) is 8.66. The summed E-state index contributed by atoms with van der Waals surface area (Å²) < 4.78 is 5.95. The van der Waals surface area contributed by atoms with Crippen LogP contribution in [0, 0.1) is 0 Å². The molecular formula is C13H16N2OSi. The molecule has 0 bridgehead atoms. The first kappa shape index (κ1) is 11.8. The van der Waals surface area contributed by atoms with Crippen LogP contribution in [0.5, 0.6) is 5.88 Å². The summed E-state index contributed by atoms with van der Waals surface area (Å²) in [6.45, 7) is 6.41. The molecule has 0 unspecified atom stereocenters. The molecule has 0 saturated heterocycles. The largest absolute Gasteiger partial charge is 0.530 e. The zero-order chi connectivity index (χ0) is 12.3. The molecule has 1 heterocycles. The molecule has 0 fully saturated rings. The number of aromatic nitrogens is 2. The van der Waals surface area contributed by atoms with E-state index in [9.17, 15) is 0 Å². The first-order valence-corrected chi connectivity index (χ1v) is 9.02. The van der Waals surface area contributed by atoms with E-state index < -0.39 is 8.32 Å². The van der Waals surface area contributed by atoms with E-state index in [1.807, 2.05) is 30.3 Å². The van der Waals surface area contributed by atoms with Crippen molar-refractivity contribution in [3.8, 4) is 17.1 Å². The normalized spacial score (nSPS) is 11.2. The Morgan fingerprint density at radius 3 is 2.24 bits per heavy atom. The van der Waals surface area contributed by atoms with Crippen molar-refractivity contribution in [1.29, 1.82) is 0 Å². The first-order chi connectivity index (χ1) is 8.06. The summed E-state index contributed by atoms with van der Waals surface area (Å²) in [7, 11) is -1.66. The van der Waals surface area contributed by atoms with Gasteiger partial charge in [0.05, 0.1) is 0 Å². The fourth-order valence-electron chi connectivity index (χ4n) is 1.48. The molecule has 0 aliphatic carbocycles. The Hall–Kier alpha value is -1.68. The maximum absolute atomic E-state index is 5.95. The van der Waals surface area contributed by atoms with Gasteiger partial charge in [0.1, 0.15) is 5.69 Å². The third-order valence-corrected chi connectivity index (χ3v) is 2.92. The van der Waals surface area contributed by atoms with Crippen molar-refractivity contribution >= 4 is 8.32 Å². The highest BCUT2D eigenvalue weighted by Crippen LogP contribution is 2.26. The first-order valence-electron chi connectivity index (χ1n) is 5.62. The minimum Gasteiger partial charge on any atom is -0.530 e. The summed E-state index contributed by atoms with van der Waals surface area (Å²) in [6.07, 6.45) is 3.36. The van der Waals surface area contributed by atoms with E-state index in [0.717, 1.165) is 11.3 Å². The van der Waals surface area contributed by atoms with Crippen molar-refractivity contribution in [1.82, 2.24) is 9.97 Å². The summed E-state index contributed by atoms with van der Waals surface area (Å²) in [5.74, 6) is 0.637. The molecule has 2 rings (SSSR count). The van der Waals surface area contributed by atoms with Crippen LogP contribution in [0.25, 0.3) is 11.3 Å². The maximum atomic E-state index is 5.95. The minimum absolute atomic E-state index is 0.637. The highest BCUT2D eigenvalue weighted by atomic mass is 28.4. The smallest absolute Gasteiger partial charge is 0.244 e. The van der Waals surface area contributed by atoms with Crippen LogP contribution in [-0.2, 0) is 0 Å². The van der Waals surface area contributed by atoms with Gasteiger partial charge in [-0.05, 0) is 19.6 Å². The van der Waals surface area contributed by atoms with Crippen molar-refractivity contribution in [3.05, 3.63) is 42.7 Å². The van der Waals surface area contributed by atoms with E-state index in [-0.39, 0.29) is 0 Å². The lowest BCUT2D eigenvalue weighted by Gasteiger charge is -2.19. The Morgan fingerprint density at radius 1 is 0.941 bits per heavy atom. The predicted molar refractivity (Wildman–Crippen MR) is 71.4 cm³/mol. The minimum atomic E-state index is -1.66. The lowest BCUT2D eigenvalue weighted by Crippen LogP contribution is -2.30. The molecule has 17 heavy (non-hydrogen) atoms. The molecule has 0 atom stereocenters. The van der Waals surface area contributed by atoms with Crippen LogP contribution in [-0.4, -0.2) is 18.3 Å². The molecule has 3 nitrogen and oxygen atoms in total. The van der Waals surface area contributed by atoms with Gasteiger partial charge in [-0.15, -0.1) is 0 Å². The van der Waals surface area contributed by atoms with E-state index in [0.29, 0.717) is 5.88 Å². The monoisotopic (exact) mass is 244 g/mol. The van der Waals surface area contributed by atoms with Crippen LogP contribution >= 0.6 is 0 Å². The average molecular weight is 244 g/mol. The van der Waals surface area contributed by atoms with Gasteiger partial charge in [-0.1, -0.05) is 30.3 Å². The fraction of sp³-hybridized carbons (Fsp3) is 0.231. The molecule has 0 aliphatic rings. The molecular weight excluding hydrogens is 228 g/mol. The van der Waals surface area contributed by atoms with Gasteiger partial charge >= 0.3 is 0 Å². The zero-order valence-electron chi connectivity index (χ0n) is 10.3. The summed E-state index contributed by atoms with van der Waals surface area (Å²) in [6, 6.07) is 9.99. The highest BCUT2D eigenvalue weighted by molar-refractivity contribution is 6.70. The fourth-order valence-corrected chi connectivity index (χ4v) is 2.21. The van der Waals surface area contributed by atoms with E-state index in [1.54, 1.807) is 12.4 Å². The molecule has 88 valence electrons. The van der Waals surface area contributed by atoms with Gasteiger partial charge in [0, 0.05) is 18.0 Å². The molecule has 0 aliphatic heterocycles. The molecule has 0 amide bonds. The van der Waals surface area contributed by atoms with Crippen LogP contribution in [0.15, 0.2) is 42.7 Å². The highest BCUT2D eigenvalue weighted by Gasteiger charge is 2.20.